The van der Waals surface area contributed by atoms with Crippen molar-refractivity contribution in [3.63, 3.8) is 0 Å². The van der Waals surface area contributed by atoms with Crippen molar-refractivity contribution in [2.24, 2.45) is 7.05 Å². The number of hydrogen-bond donors (Lipinski definition) is 3. The number of nitrogens with zero attached hydrogens (tertiary/aromatic N) is 5. The van der Waals surface area contributed by atoms with Gasteiger partial charge in [-0.3, -0.25) is 18.8 Å². The molecule has 4 heterocycles. The van der Waals surface area contributed by atoms with E-state index >= 15 is 0 Å². The van der Waals surface area contributed by atoms with Gasteiger partial charge in [-0.15, -0.1) is 4.52 Å². The van der Waals surface area contributed by atoms with Crippen LogP contribution in [0.4, 0.5) is 5.82 Å². The van der Waals surface area contributed by atoms with E-state index in [2.05, 4.69) is 32.3 Å². The standard InChI is InChI=1S/C33H30N8O3/c1-21(37-32(42)29-30(34)38-40-17-8-16-35-31(29)40)27-19-23-10-7-9-22(13-14-24-20-36-39(2)26(24)15-18-44-3)28(23)33(43)41(27)25-11-5-4-6-12-25/h4-12,16-17,19-21H,15,18H2,1-3H3,(H3,34,37,38,42)/p+1. The molecule has 1 atom stereocenters. The molecule has 4 aromatic heterocycles. The summed E-state index contributed by atoms with van der Waals surface area (Å²) in [5.74, 6) is 6.22. The number of fused-ring (bicyclic) bond motifs is 2. The van der Waals surface area contributed by atoms with Crippen LogP contribution in [0.3, 0.4) is 0 Å². The Morgan fingerprint density at radius 1 is 1.14 bits per heavy atom. The van der Waals surface area contributed by atoms with Crippen molar-refractivity contribution in [3.8, 4) is 17.5 Å². The molecule has 1 amide bonds. The number of carbonyl (C=O) groups excluding carboxylic acids is 1. The van der Waals surface area contributed by atoms with Crippen molar-refractivity contribution in [1.82, 2.24) is 29.7 Å². The highest BCUT2D eigenvalue weighted by Gasteiger charge is 2.27. The molecule has 0 aliphatic carbocycles. The van der Waals surface area contributed by atoms with Crippen molar-refractivity contribution in [2.75, 3.05) is 19.5 Å². The molecule has 6 aromatic rings. The van der Waals surface area contributed by atoms with Gasteiger partial charge in [-0.1, -0.05) is 42.2 Å². The van der Waals surface area contributed by atoms with Gasteiger partial charge in [0.2, 0.25) is 0 Å². The number of pyridine rings is 1. The van der Waals surface area contributed by atoms with Crippen LogP contribution in [0.25, 0.3) is 22.1 Å². The Morgan fingerprint density at radius 2 is 1.93 bits per heavy atom. The van der Waals surface area contributed by atoms with Crippen molar-refractivity contribution >= 4 is 28.1 Å². The summed E-state index contributed by atoms with van der Waals surface area (Å²) in [6.45, 7) is 2.38. The largest absolute Gasteiger partial charge is 0.384 e. The zero-order valence-corrected chi connectivity index (χ0v) is 24.5. The number of nitrogens with two attached hydrogens (primary N) is 1. The highest BCUT2D eigenvalue weighted by molar-refractivity contribution is 6.03. The maximum Gasteiger partial charge on any atom is 0.362 e. The lowest BCUT2D eigenvalue weighted by Crippen LogP contribution is -2.33. The number of hydrogen-bond acceptors (Lipinski definition) is 6. The van der Waals surface area contributed by atoms with Crippen LogP contribution in [0.15, 0.2) is 84.0 Å². The predicted octanol–water partition coefficient (Wildman–Crippen LogP) is 2.85. The van der Waals surface area contributed by atoms with E-state index in [1.54, 1.807) is 45.5 Å². The molecule has 220 valence electrons. The van der Waals surface area contributed by atoms with Gasteiger partial charge in [-0.05, 0) is 41.6 Å². The summed E-state index contributed by atoms with van der Waals surface area (Å²) < 4.78 is 10.2. The van der Waals surface area contributed by atoms with E-state index in [1.165, 1.54) is 0 Å². The lowest BCUT2D eigenvalue weighted by molar-refractivity contribution is -0.577. The first-order valence-corrected chi connectivity index (χ1v) is 14.1. The fourth-order valence-electron chi connectivity index (χ4n) is 5.36. The Morgan fingerprint density at radius 3 is 2.73 bits per heavy atom. The minimum Gasteiger partial charge on any atom is -0.384 e. The number of H-pyrrole nitrogens is 1. The molecule has 0 fully saturated rings. The number of aryl methyl sites for hydroxylation is 1. The highest BCUT2D eigenvalue weighted by atomic mass is 16.5. The maximum absolute atomic E-state index is 14.4. The minimum atomic E-state index is -0.577. The Bertz CT molecular complexity index is 2130. The number of carbonyl (C=O) groups is 1. The van der Waals surface area contributed by atoms with Crippen LogP contribution >= 0.6 is 0 Å². The Labute approximate surface area is 252 Å². The van der Waals surface area contributed by atoms with Crippen molar-refractivity contribution in [2.45, 2.75) is 19.4 Å². The molecular formula is C33H31N8O3+. The summed E-state index contributed by atoms with van der Waals surface area (Å²) in [7, 11) is 3.53. The summed E-state index contributed by atoms with van der Waals surface area (Å²) in [6.07, 6.45) is 5.71. The summed E-state index contributed by atoms with van der Waals surface area (Å²) in [6, 6.07) is 18.0. The number of para-hydroxylation sites is 1. The number of ether oxygens (including phenoxy) is 1. The van der Waals surface area contributed by atoms with Crippen LogP contribution in [0.1, 0.15) is 45.8 Å². The number of rotatable bonds is 7. The number of nitrogen functional groups attached to an aromatic ring is 1. The maximum atomic E-state index is 14.4. The molecule has 0 spiro atoms. The second-order valence-corrected chi connectivity index (χ2v) is 10.3. The predicted molar refractivity (Wildman–Crippen MR) is 166 cm³/mol. The first-order chi connectivity index (χ1) is 21.4. The molecule has 6 rings (SSSR count). The lowest BCUT2D eigenvalue weighted by Gasteiger charge is -2.21. The molecule has 11 heteroatoms. The molecule has 0 saturated carbocycles. The van der Waals surface area contributed by atoms with E-state index in [9.17, 15) is 9.59 Å². The molecule has 1 unspecified atom stereocenters. The van der Waals surface area contributed by atoms with Crippen molar-refractivity contribution in [1.29, 1.82) is 0 Å². The molecule has 2 aromatic carbocycles. The molecule has 0 saturated heterocycles. The smallest absolute Gasteiger partial charge is 0.362 e. The summed E-state index contributed by atoms with van der Waals surface area (Å²) in [4.78, 5) is 32.2. The normalized spacial score (nSPS) is 11.8. The van der Waals surface area contributed by atoms with Gasteiger partial charge in [0.25, 0.3) is 11.5 Å². The van der Waals surface area contributed by atoms with Gasteiger partial charge in [0, 0.05) is 43.6 Å². The average Bonchev–Trinajstić information content (AvgIpc) is 3.56. The van der Waals surface area contributed by atoms with Gasteiger partial charge in [-0.2, -0.15) is 5.10 Å². The van der Waals surface area contributed by atoms with Gasteiger partial charge in [0.1, 0.15) is 12.4 Å². The first-order valence-electron chi connectivity index (χ1n) is 14.1. The van der Waals surface area contributed by atoms with E-state index in [0.29, 0.717) is 46.4 Å². The van der Waals surface area contributed by atoms with E-state index < -0.39 is 11.9 Å². The van der Waals surface area contributed by atoms with Gasteiger partial charge in [0.05, 0.1) is 35.5 Å². The van der Waals surface area contributed by atoms with Gasteiger partial charge >= 0.3 is 5.65 Å². The van der Waals surface area contributed by atoms with E-state index in [0.717, 1.165) is 11.3 Å². The number of benzene rings is 2. The fourth-order valence-corrected chi connectivity index (χ4v) is 5.36. The van der Waals surface area contributed by atoms with Crippen LogP contribution < -0.4 is 21.1 Å². The topological polar surface area (TPSA) is 137 Å². The second kappa shape index (κ2) is 11.9. The molecule has 0 aliphatic rings. The monoisotopic (exact) mass is 587 g/mol. The number of aromatic amines is 1. The quantitative estimate of drug-likeness (QED) is 0.194. The third-order valence-electron chi connectivity index (χ3n) is 7.52. The molecular weight excluding hydrogens is 556 g/mol. The van der Waals surface area contributed by atoms with Crippen LogP contribution in [0.2, 0.25) is 0 Å². The second-order valence-electron chi connectivity index (χ2n) is 10.3. The summed E-state index contributed by atoms with van der Waals surface area (Å²) in [5, 5.41) is 11.5. The molecule has 11 nitrogen and oxygen atoms in total. The SMILES string of the molecule is COCCc1c(C#Cc2cccc3cc(C(C)NC(=O)c4c(N)[nH][n+]5cccnc45)n(-c4ccccc4)c(=O)c23)cnn1C. The van der Waals surface area contributed by atoms with Crippen molar-refractivity contribution in [3.05, 3.63) is 118 Å². The summed E-state index contributed by atoms with van der Waals surface area (Å²) >= 11 is 0. The number of nitrogens with one attached hydrogen (secondary N) is 2. The van der Waals surface area contributed by atoms with Crippen LogP contribution in [0.5, 0.6) is 0 Å². The van der Waals surface area contributed by atoms with E-state index in [4.69, 9.17) is 10.5 Å². The van der Waals surface area contributed by atoms with E-state index in [-0.39, 0.29) is 16.9 Å². The zero-order valence-electron chi connectivity index (χ0n) is 24.5. The minimum absolute atomic E-state index is 0.189. The number of methoxy groups -OCH3 is 1. The van der Waals surface area contributed by atoms with E-state index in [1.807, 2.05) is 68.6 Å². The van der Waals surface area contributed by atoms with Gasteiger partial charge in [-0.25, -0.2) is 5.10 Å². The van der Waals surface area contributed by atoms with Gasteiger partial charge in [0.15, 0.2) is 11.4 Å². The molecule has 0 radical (unpaired) electrons. The molecule has 0 bridgehead atoms. The number of amides is 1. The molecule has 0 aliphatic heterocycles. The zero-order chi connectivity index (χ0) is 30.8. The fraction of sp³-hybridized carbons (Fsp3) is 0.182. The van der Waals surface area contributed by atoms with Crippen LogP contribution in [0, 0.1) is 11.8 Å². The Kier molecular flexibility index (Phi) is 7.66. The molecule has 4 N–H and O–H groups in total. The Balaban J connectivity index is 1.45. The first kappa shape index (κ1) is 28.4. The third kappa shape index (κ3) is 5.19. The summed E-state index contributed by atoms with van der Waals surface area (Å²) in [5.41, 5.74) is 10.1. The third-order valence-corrected chi connectivity index (χ3v) is 7.52. The Hall–Kier alpha value is -5.73. The van der Waals surface area contributed by atoms with Crippen LogP contribution in [-0.4, -0.2) is 44.1 Å². The van der Waals surface area contributed by atoms with Gasteiger partial charge < -0.3 is 15.8 Å². The average molecular weight is 588 g/mol. The van der Waals surface area contributed by atoms with Crippen molar-refractivity contribution < 1.29 is 14.0 Å². The number of aromatic nitrogens is 6. The number of anilines is 1. The molecule has 44 heavy (non-hydrogen) atoms. The lowest BCUT2D eigenvalue weighted by atomic mass is 10.0. The van der Waals surface area contributed by atoms with Crippen LogP contribution in [-0.2, 0) is 18.2 Å². The highest BCUT2D eigenvalue weighted by Crippen LogP contribution is 2.24.